The highest BCUT2D eigenvalue weighted by molar-refractivity contribution is 6.04. The number of aliphatic imine (C=N–C) groups is 1. The number of nitrogens with zero attached hydrogens (tertiary/aromatic N) is 4. The van der Waals surface area contributed by atoms with Gasteiger partial charge >= 0.3 is 0 Å². The van der Waals surface area contributed by atoms with Gasteiger partial charge in [-0.3, -0.25) is 20.0 Å². The summed E-state index contributed by atoms with van der Waals surface area (Å²) in [6, 6.07) is 8.11. The van der Waals surface area contributed by atoms with Crippen molar-refractivity contribution in [2.24, 2.45) is 4.99 Å². The Labute approximate surface area is 204 Å². The molecule has 0 spiro atoms. The summed E-state index contributed by atoms with van der Waals surface area (Å²) >= 11 is 0. The number of hydrogen-bond acceptors (Lipinski definition) is 4. The predicted molar refractivity (Wildman–Crippen MR) is 138 cm³/mol. The molecule has 2 aromatic heterocycles. The number of aromatic amines is 1. The number of fused-ring (bicyclic) bond motifs is 1. The van der Waals surface area contributed by atoms with Crippen LogP contribution in [0, 0.1) is 0 Å². The van der Waals surface area contributed by atoms with Crippen LogP contribution in [-0.2, 0) is 6.54 Å². The number of pyridine rings is 1. The van der Waals surface area contributed by atoms with Crippen LogP contribution in [0.2, 0.25) is 0 Å². The zero-order valence-electron chi connectivity index (χ0n) is 20.1. The second-order valence-corrected chi connectivity index (χ2v) is 8.81. The summed E-state index contributed by atoms with van der Waals surface area (Å²) in [5.74, 6) is -1.85. The van der Waals surface area contributed by atoms with Crippen LogP contribution in [0.3, 0.4) is 0 Å². The van der Waals surface area contributed by atoms with Gasteiger partial charge in [0.15, 0.2) is 0 Å². The van der Waals surface area contributed by atoms with Gasteiger partial charge in [0, 0.05) is 62.9 Å². The highest BCUT2D eigenvalue weighted by atomic mass is 19.3. The lowest BCUT2D eigenvalue weighted by Gasteiger charge is -2.31. The first kappa shape index (κ1) is 24.5. The van der Waals surface area contributed by atoms with Crippen molar-refractivity contribution in [1.82, 2.24) is 25.4 Å². The third kappa shape index (κ3) is 5.71. The average Bonchev–Trinajstić information content (AvgIpc) is 3.27. The molecule has 6 nitrogen and oxygen atoms in total. The third-order valence-corrected chi connectivity index (χ3v) is 6.20. The van der Waals surface area contributed by atoms with Crippen LogP contribution in [0.4, 0.5) is 8.78 Å². The molecule has 1 aliphatic rings. The van der Waals surface area contributed by atoms with Gasteiger partial charge in [-0.1, -0.05) is 31.4 Å². The summed E-state index contributed by atoms with van der Waals surface area (Å²) in [5, 5.41) is 11.7. The van der Waals surface area contributed by atoms with Gasteiger partial charge in [0.1, 0.15) is 11.5 Å². The van der Waals surface area contributed by atoms with Crippen LogP contribution in [0.15, 0.2) is 72.5 Å². The minimum Gasteiger partial charge on any atom is -0.339 e. The van der Waals surface area contributed by atoms with Crippen molar-refractivity contribution in [2.45, 2.75) is 32.2 Å². The molecule has 1 aliphatic heterocycles. The van der Waals surface area contributed by atoms with E-state index in [4.69, 9.17) is 0 Å². The maximum Gasteiger partial charge on any atom is 0.250 e. The van der Waals surface area contributed by atoms with Crippen LogP contribution in [0.1, 0.15) is 31.0 Å². The molecule has 0 amide bonds. The van der Waals surface area contributed by atoms with Crippen molar-refractivity contribution in [2.75, 3.05) is 20.1 Å². The molecule has 0 atom stereocenters. The van der Waals surface area contributed by atoms with Crippen LogP contribution < -0.4 is 5.32 Å². The fourth-order valence-corrected chi connectivity index (χ4v) is 4.24. The summed E-state index contributed by atoms with van der Waals surface area (Å²) in [4.78, 5) is 10.8. The molecule has 0 bridgehead atoms. The number of piperidine rings is 1. The summed E-state index contributed by atoms with van der Waals surface area (Å²) in [5.41, 5.74) is 6.09. The monoisotopic (exact) mass is 476 g/mol. The number of H-pyrrole nitrogens is 1. The molecule has 3 heterocycles. The van der Waals surface area contributed by atoms with Gasteiger partial charge in [-0.15, -0.1) is 0 Å². The Kier molecular flexibility index (Phi) is 7.21. The van der Waals surface area contributed by atoms with Crippen molar-refractivity contribution in [1.29, 1.82) is 0 Å². The minimum absolute atomic E-state index is 0.0919. The van der Waals surface area contributed by atoms with Crippen LogP contribution in [-0.4, -0.2) is 52.0 Å². The molecule has 1 aromatic carbocycles. The number of aromatic nitrogens is 3. The van der Waals surface area contributed by atoms with Gasteiger partial charge in [0.25, 0.3) is 5.92 Å². The number of benzene rings is 1. The zero-order chi connectivity index (χ0) is 25.0. The van der Waals surface area contributed by atoms with E-state index in [9.17, 15) is 8.78 Å². The van der Waals surface area contributed by atoms with E-state index in [-0.39, 0.29) is 12.8 Å². The van der Waals surface area contributed by atoms with E-state index in [2.05, 4.69) is 55.7 Å². The summed E-state index contributed by atoms with van der Waals surface area (Å²) in [6.45, 7) is 11.2. The van der Waals surface area contributed by atoms with E-state index in [0.29, 0.717) is 36.9 Å². The molecule has 0 radical (unpaired) electrons. The summed E-state index contributed by atoms with van der Waals surface area (Å²) in [7, 11) is 1.71. The number of allylic oxidation sites excluding steroid dienone is 2. The molecular formula is C27H30F2N6. The number of amidine groups is 1. The quantitative estimate of drug-likeness (QED) is 0.265. The molecule has 35 heavy (non-hydrogen) atoms. The number of likely N-dealkylation sites (tertiary alicyclic amines) is 1. The molecule has 0 saturated carbocycles. The second kappa shape index (κ2) is 10.3. The Bertz CT molecular complexity index is 1290. The molecule has 182 valence electrons. The van der Waals surface area contributed by atoms with Gasteiger partial charge in [-0.2, -0.15) is 5.10 Å². The largest absolute Gasteiger partial charge is 0.339 e. The van der Waals surface area contributed by atoms with Crippen molar-refractivity contribution in [3.05, 3.63) is 78.8 Å². The molecule has 0 aliphatic carbocycles. The normalized spacial score (nSPS) is 16.9. The Balaban J connectivity index is 1.56. The van der Waals surface area contributed by atoms with Gasteiger partial charge in [0.05, 0.1) is 11.2 Å². The van der Waals surface area contributed by atoms with Crippen molar-refractivity contribution in [3.8, 4) is 11.1 Å². The lowest BCUT2D eigenvalue weighted by Crippen LogP contribution is -2.38. The van der Waals surface area contributed by atoms with E-state index in [1.807, 2.05) is 31.3 Å². The fraction of sp³-hybridized carbons (Fsp3) is 0.296. The molecule has 8 heteroatoms. The van der Waals surface area contributed by atoms with E-state index < -0.39 is 5.92 Å². The molecule has 1 fully saturated rings. The number of alkyl halides is 2. The van der Waals surface area contributed by atoms with Crippen LogP contribution >= 0.6 is 0 Å². The summed E-state index contributed by atoms with van der Waals surface area (Å²) in [6.07, 6.45) is 7.01. The van der Waals surface area contributed by atoms with Crippen LogP contribution in [0.5, 0.6) is 0 Å². The molecule has 0 unspecified atom stereocenters. The van der Waals surface area contributed by atoms with E-state index in [1.165, 1.54) is 0 Å². The van der Waals surface area contributed by atoms with Gasteiger partial charge < -0.3 is 5.32 Å². The standard InChI is InChI=1S/C27H30F2N6/c1-5-6-18(2)26(30-4)32-19(3)25-23-14-21(7-8-24(23)33-34-25)22-13-20(15-31-16-22)17-35-11-9-27(28,29)10-12-35/h5-8,13-16H,1,3,9-12,17H2,2,4H3,(H,30,32)(H,33,34)/b18-6-. The third-order valence-electron chi connectivity index (χ3n) is 6.20. The maximum absolute atomic E-state index is 13.5. The molecule has 2 N–H and O–H groups in total. The fourth-order valence-electron chi connectivity index (χ4n) is 4.24. The van der Waals surface area contributed by atoms with Gasteiger partial charge in [-0.25, -0.2) is 8.78 Å². The lowest BCUT2D eigenvalue weighted by molar-refractivity contribution is -0.0566. The van der Waals surface area contributed by atoms with Crippen molar-refractivity contribution < 1.29 is 8.78 Å². The van der Waals surface area contributed by atoms with Crippen LogP contribution in [0.25, 0.3) is 27.7 Å². The highest BCUT2D eigenvalue weighted by Gasteiger charge is 2.33. The SMILES string of the molecule is C=C/C=C(/C)C(=NC)NC(=C)c1n[nH]c2ccc(-c3cncc(CN4CCC(F)(F)CC4)c3)cc12. The first-order valence-electron chi connectivity index (χ1n) is 11.5. The minimum atomic E-state index is -2.54. The lowest BCUT2D eigenvalue weighted by atomic mass is 10.0. The number of nitrogens with one attached hydrogen (secondary N) is 2. The number of hydrogen-bond donors (Lipinski definition) is 2. The second-order valence-electron chi connectivity index (χ2n) is 8.81. The molecular weight excluding hydrogens is 446 g/mol. The topological polar surface area (TPSA) is 69.2 Å². The smallest absolute Gasteiger partial charge is 0.250 e. The number of halogens is 2. The maximum atomic E-state index is 13.5. The van der Waals surface area contributed by atoms with E-state index in [0.717, 1.165) is 33.2 Å². The molecule has 4 rings (SSSR count). The Morgan fingerprint density at radius 3 is 2.71 bits per heavy atom. The van der Waals surface area contributed by atoms with Crippen molar-refractivity contribution in [3.63, 3.8) is 0 Å². The Hall–Kier alpha value is -3.65. The molecule has 3 aromatic rings. The molecule has 1 saturated heterocycles. The van der Waals surface area contributed by atoms with E-state index >= 15 is 0 Å². The van der Waals surface area contributed by atoms with Gasteiger partial charge in [-0.05, 0) is 41.8 Å². The van der Waals surface area contributed by atoms with Gasteiger partial charge in [0.2, 0.25) is 0 Å². The Morgan fingerprint density at radius 1 is 1.23 bits per heavy atom. The van der Waals surface area contributed by atoms with E-state index in [1.54, 1.807) is 19.3 Å². The zero-order valence-corrected chi connectivity index (χ0v) is 20.1. The predicted octanol–water partition coefficient (Wildman–Crippen LogP) is 5.58. The summed E-state index contributed by atoms with van der Waals surface area (Å²) < 4.78 is 27.0. The number of rotatable bonds is 7. The Morgan fingerprint density at radius 2 is 2.00 bits per heavy atom. The highest BCUT2D eigenvalue weighted by Crippen LogP contribution is 2.30. The average molecular weight is 477 g/mol. The first-order chi connectivity index (χ1) is 16.8. The van der Waals surface area contributed by atoms with Crippen molar-refractivity contribution >= 4 is 22.4 Å². The first-order valence-corrected chi connectivity index (χ1v) is 11.5.